The van der Waals surface area contributed by atoms with E-state index in [1.807, 2.05) is 24.3 Å². The maximum absolute atomic E-state index is 11.2. The van der Waals surface area contributed by atoms with Gasteiger partial charge in [0.2, 0.25) is 0 Å². The van der Waals surface area contributed by atoms with Crippen molar-refractivity contribution in [3.8, 4) is 0 Å². The number of sulfone groups is 1. The molecule has 3 nitrogen and oxygen atoms in total. The summed E-state index contributed by atoms with van der Waals surface area (Å²) in [5, 5.41) is 3.95. The molecule has 0 spiro atoms. The third-order valence-corrected chi connectivity index (χ3v) is 4.72. The topological polar surface area (TPSA) is 46.2 Å². The average molecular weight is 260 g/mol. The van der Waals surface area contributed by atoms with Gasteiger partial charge >= 0.3 is 0 Å². The van der Waals surface area contributed by atoms with Crippen LogP contribution >= 0.6 is 11.6 Å². The molecule has 88 valence electrons. The molecule has 1 aliphatic heterocycles. The van der Waals surface area contributed by atoms with E-state index >= 15 is 0 Å². The monoisotopic (exact) mass is 259 g/mol. The number of nitrogens with one attached hydrogen (secondary N) is 1. The van der Waals surface area contributed by atoms with Gasteiger partial charge in [0, 0.05) is 17.6 Å². The van der Waals surface area contributed by atoms with Crippen LogP contribution in [0.25, 0.3) is 0 Å². The highest BCUT2D eigenvalue weighted by atomic mass is 35.5. The lowest BCUT2D eigenvalue weighted by atomic mass is 10.2. The minimum absolute atomic E-state index is 0.0870. The lowest BCUT2D eigenvalue weighted by molar-refractivity contribution is 0.554. The number of benzene rings is 1. The second-order valence-electron chi connectivity index (χ2n) is 4.11. The molecule has 0 amide bonds. The Bertz CT molecular complexity index is 473. The zero-order chi connectivity index (χ0) is 11.6. The first-order chi connectivity index (χ1) is 7.55. The summed E-state index contributed by atoms with van der Waals surface area (Å²) in [4.78, 5) is 0. The van der Waals surface area contributed by atoms with Crippen LogP contribution in [0.15, 0.2) is 24.3 Å². The maximum Gasteiger partial charge on any atom is 0.151 e. The Balaban J connectivity index is 1.89. The van der Waals surface area contributed by atoms with Gasteiger partial charge in [-0.25, -0.2) is 8.42 Å². The first-order valence-corrected chi connectivity index (χ1v) is 7.43. The van der Waals surface area contributed by atoms with Gasteiger partial charge in [0.1, 0.15) is 0 Å². The van der Waals surface area contributed by atoms with Crippen LogP contribution in [0.2, 0.25) is 5.02 Å². The molecular weight excluding hydrogens is 246 g/mol. The van der Waals surface area contributed by atoms with Gasteiger partial charge in [-0.1, -0.05) is 23.7 Å². The van der Waals surface area contributed by atoms with Gasteiger partial charge < -0.3 is 5.32 Å². The molecule has 5 heteroatoms. The summed E-state index contributed by atoms with van der Waals surface area (Å²) in [5.41, 5.74) is 1.08. The molecule has 16 heavy (non-hydrogen) atoms. The Labute approximate surface area is 101 Å². The Morgan fingerprint density at radius 3 is 2.88 bits per heavy atom. The van der Waals surface area contributed by atoms with Gasteiger partial charge in [0.15, 0.2) is 9.84 Å². The van der Waals surface area contributed by atoms with E-state index < -0.39 is 9.84 Å². The molecule has 1 aliphatic rings. The summed E-state index contributed by atoms with van der Waals surface area (Å²) in [5.74, 6) is 0.563. The molecule has 1 atom stereocenters. The minimum Gasteiger partial charge on any atom is -0.309 e. The normalized spacial score (nSPS) is 23.4. The standard InChI is InChI=1S/C11H14ClNO2S/c12-10-3-1-2-9(6-10)7-13-11-4-5-16(14,15)8-11/h1-3,6,11,13H,4-5,7-8H2. The smallest absolute Gasteiger partial charge is 0.151 e. The van der Waals surface area contributed by atoms with E-state index in [-0.39, 0.29) is 11.8 Å². The van der Waals surface area contributed by atoms with Crippen molar-refractivity contribution >= 4 is 21.4 Å². The van der Waals surface area contributed by atoms with Crippen molar-refractivity contribution in [3.05, 3.63) is 34.9 Å². The molecule has 1 saturated heterocycles. The van der Waals surface area contributed by atoms with Crippen molar-refractivity contribution in [1.82, 2.24) is 5.32 Å². The third-order valence-electron chi connectivity index (χ3n) is 2.72. The van der Waals surface area contributed by atoms with E-state index in [0.29, 0.717) is 23.7 Å². The molecule has 0 aliphatic carbocycles. The van der Waals surface area contributed by atoms with Gasteiger partial charge in [-0.15, -0.1) is 0 Å². The fraction of sp³-hybridized carbons (Fsp3) is 0.455. The zero-order valence-electron chi connectivity index (χ0n) is 8.82. The minimum atomic E-state index is -2.80. The molecule has 0 radical (unpaired) electrons. The largest absolute Gasteiger partial charge is 0.309 e. The number of halogens is 1. The lowest BCUT2D eigenvalue weighted by Crippen LogP contribution is -2.29. The Kier molecular flexibility index (Phi) is 3.52. The quantitative estimate of drug-likeness (QED) is 0.897. The van der Waals surface area contributed by atoms with E-state index in [1.54, 1.807) is 0 Å². The number of hydrogen-bond donors (Lipinski definition) is 1. The summed E-state index contributed by atoms with van der Waals surface area (Å²) in [7, 11) is -2.80. The van der Waals surface area contributed by atoms with Gasteiger partial charge in [0.25, 0.3) is 0 Å². The van der Waals surface area contributed by atoms with Crippen molar-refractivity contribution in [1.29, 1.82) is 0 Å². The van der Waals surface area contributed by atoms with Crippen LogP contribution in [0.5, 0.6) is 0 Å². The fourth-order valence-corrected chi connectivity index (χ4v) is 3.79. The molecule has 1 unspecified atom stereocenters. The first kappa shape index (κ1) is 11.9. The van der Waals surface area contributed by atoms with E-state index in [0.717, 1.165) is 5.56 Å². The second-order valence-corrected chi connectivity index (χ2v) is 6.78. The average Bonchev–Trinajstić information content (AvgIpc) is 2.56. The van der Waals surface area contributed by atoms with Crippen LogP contribution in [0.3, 0.4) is 0 Å². The Morgan fingerprint density at radius 2 is 2.25 bits per heavy atom. The highest BCUT2D eigenvalue weighted by molar-refractivity contribution is 7.91. The van der Waals surface area contributed by atoms with Crippen LogP contribution in [-0.2, 0) is 16.4 Å². The molecule has 0 bridgehead atoms. The Hall–Kier alpha value is -0.580. The summed E-state index contributed by atoms with van der Waals surface area (Å²) in [6.45, 7) is 0.667. The SMILES string of the molecule is O=S1(=O)CCC(NCc2cccc(Cl)c2)C1. The molecule has 0 aromatic heterocycles. The molecular formula is C11H14ClNO2S. The fourth-order valence-electron chi connectivity index (χ4n) is 1.87. The first-order valence-electron chi connectivity index (χ1n) is 5.23. The predicted molar refractivity (Wildman–Crippen MR) is 65.4 cm³/mol. The predicted octanol–water partition coefficient (Wildman–Crippen LogP) is 1.62. The van der Waals surface area contributed by atoms with Gasteiger partial charge in [0.05, 0.1) is 11.5 Å². The van der Waals surface area contributed by atoms with Crippen molar-refractivity contribution < 1.29 is 8.42 Å². The van der Waals surface area contributed by atoms with Gasteiger partial charge in [-0.3, -0.25) is 0 Å². The number of rotatable bonds is 3. The molecule has 1 aromatic rings. The van der Waals surface area contributed by atoms with Gasteiger partial charge in [-0.05, 0) is 24.1 Å². The van der Waals surface area contributed by atoms with Crippen LogP contribution in [0.4, 0.5) is 0 Å². The maximum atomic E-state index is 11.2. The van der Waals surface area contributed by atoms with Crippen molar-refractivity contribution in [2.24, 2.45) is 0 Å². The van der Waals surface area contributed by atoms with Crippen LogP contribution < -0.4 is 5.32 Å². The summed E-state index contributed by atoms with van der Waals surface area (Å²) >= 11 is 5.86. The van der Waals surface area contributed by atoms with Crippen molar-refractivity contribution in [2.45, 2.75) is 19.0 Å². The highest BCUT2D eigenvalue weighted by Gasteiger charge is 2.27. The second kappa shape index (κ2) is 4.73. The third kappa shape index (κ3) is 3.20. The van der Waals surface area contributed by atoms with E-state index in [2.05, 4.69) is 5.32 Å². The summed E-state index contributed by atoms with van der Waals surface area (Å²) < 4.78 is 22.5. The van der Waals surface area contributed by atoms with Crippen molar-refractivity contribution in [3.63, 3.8) is 0 Å². The van der Waals surface area contributed by atoms with Gasteiger partial charge in [-0.2, -0.15) is 0 Å². The van der Waals surface area contributed by atoms with E-state index in [4.69, 9.17) is 11.6 Å². The van der Waals surface area contributed by atoms with Crippen LogP contribution in [-0.4, -0.2) is 26.0 Å². The Morgan fingerprint density at radius 1 is 1.44 bits per heavy atom. The van der Waals surface area contributed by atoms with Crippen LogP contribution in [0.1, 0.15) is 12.0 Å². The molecule has 1 aromatic carbocycles. The molecule has 1 heterocycles. The molecule has 0 saturated carbocycles. The molecule has 2 rings (SSSR count). The molecule has 1 N–H and O–H groups in total. The van der Waals surface area contributed by atoms with Crippen molar-refractivity contribution in [2.75, 3.05) is 11.5 Å². The lowest BCUT2D eigenvalue weighted by Gasteiger charge is -2.10. The summed E-state index contributed by atoms with van der Waals surface area (Å²) in [6, 6.07) is 7.67. The zero-order valence-corrected chi connectivity index (χ0v) is 10.4. The van der Waals surface area contributed by atoms with E-state index in [1.165, 1.54) is 0 Å². The van der Waals surface area contributed by atoms with Crippen LogP contribution in [0, 0.1) is 0 Å². The summed E-state index contributed by atoms with van der Waals surface area (Å²) in [6.07, 6.45) is 0.711. The highest BCUT2D eigenvalue weighted by Crippen LogP contribution is 2.14. The molecule has 1 fully saturated rings. The van der Waals surface area contributed by atoms with E-state index in [9.17, 15) is 8.42 Å². The number of hydrogen-bond acceptors (Lipinski definition) is 3.